The maximum atomic E-state index is 12.1. The lowest BCUT2D eigenvalue weighted by molar-refractivity contribution is 0.497. The van der Waals surface area contributed by atoms with Crippen molar-refractivity contribution in [2.75, 3.05) is 30.3 Å². The van der Waals surface area contributed by atoms with E-state index >= 15 is 0 Å². The number of nitrogens with one attached hydrogen (secondary N) is 4. The summed E-state index contributed by atoms with van der Waals surface area (Å²) in [6.07, 6.45) is 2.03. The summed E-state index contributed by atoms with van der Waals surface area (Å²) in [5.41, 5.74) is 3.45. The number of pyridine rings is 1. The van der Waals surface area contributed by atoms with Crippen LogP contribution in [0.25, 0.3) is 10.2 Å². The summed E-state index contributed by atoms with van der Waals surface area (Å²) in [4.78, 5) is 15.3. The Kier molecular flexibility index (Phi) is 5.87. The number of fused-ring (bicyclic) bond motifs is 2. The first-order valence-electron chi connectivity index (χ1n) is 8.92. The van der Waals surface area contributed by atoms with E-state index in [0.29, 0.717) is 6.04 Å². The maximum absolute atomic E-state index is 12.1. The minimum atomic E-state index is 0.0711. The number of anilines is 2. The lowest BCUT2D eigenvalue weighted by atomic mass is 9.98. The van der Waals surface area contributed by atoms with Crippen molar-refractivity contribution in [3.8, 4) is 0 Å². The lowest BCUT2D eigenvalue weighted by Crippen LogP contribution is -2.30. The molecule has 27 heavy (non-hydrogen) atoms. The molecule has 5 nitrogen and oxygen atoms in total. The predicted molar refractivity (Wildman–Crippen MR) is 121 cm³/mol. The molecule has 0 saturated heterocycles. The van der Waals surface area contributed by atoms with Gasteiger partial charge in [-0.25, -0.2) is 0 Å². The molecule has 0 bridgehead atoms. The topological polar surface area (TPSA) is 69.0 Å². The van der Waals surface area contributed by atoms with Gasteiger partial charge in [0.15, 0.2) is 0 Å². The molecule has 4 rings (SSSR count). The second-order valence-electron chi connectivity index (χ2n) is 6.56. The maximum Gasteiger partial charge on any atom is 0.201 e. The average molecular weight is 512 g/mol. The highest BCUT2D eigenvalue weighted by molar-refractivity contribution is 9.11. The molecule has 1 atom stereocenters. The van der Waals surface area contributed by atoms with E-state index in [1.807, 2.05) is 11.4 Å². The molecule has 0 amide bonds. The van der Waals surface area contributed by atoms with E-state index in [0.717, 1.165) is 57.5 Å². The van der Waals surface area contributed by atoms with Crippen molar-refractivity contribution in [1.82, 2.24) is 10.3 Å². The first kappa shape index (κ1) is 19.0. The summed E-state index contributed by atoms with van der Waals surface area (Å²) in [5.74, 6) is 0.783. The average Bonchev–Trinajstić information content (AvgIpc) is 3.11. The van der Waals surface area contributed by atoms with Gasteiger partial charge in [0.1, 0.15) is 5.82 Å². The molecule has 0 aliphatic carbocycles. The minimum Gasteiger partial charge on any atom is -0.384 e. The van der Waals surface area contributed by atoms with Crippen LogP contribution in [0, 0.1) is 0 Å². The van der Waals surface area contributed by atoms with Crippen molar-refractivity contribution in [3.05, 3.63) is 54.4 Å². The van der Waals surface area contributed by atoms with E-state index in [-0.39, 0.29) is 5.43 Å². The molecule has 1 aliphatic heterocycles. The van der Waals surface area contributed by atoms with Crippen LogP contribution in [0.2, 0.25) is 0 Å². The minimum absolute atomic E-state index is 0.0711. The Labute approximate surface area is 178 Å². The SMILES string of the molecule is O=c1cc(NCCCNC2CCNc3c(Br)cc(Br)cc32)[nH]c2ccsc12. The van der Waals surface area contributed by atoms with Gasteiger partial charge in [0.05, 0.1) is 15.9 Å². The standard InChI is InChI=1S/C19H20Br2N4OS/c20-11-8-12-14(2-6-24-18(12)13(21)9-11)22-4-1-5-23-17-10-16(26)19-15(25-17)3-7-27-19/h3,7-10,14,22,24H,1-2,4-6H2,(H2,23,25,26). The van der Waals surface area contributed by atoms with E-state index in [9.17, 15) is 4.79 Å². The Bertz CT molecular complexity index is 1020. The number of rotatable bonds is 6. The van der Waals surface area contributed by atoms with Crippen LogP contribution in [0.15, 0.2) is 43.4 Å². The Morgan fingerprint density at radius 1 is 1.22 bits per heavy atom. The van der Waals surface area contributed by atoms with Crippen molar-refractivity contribution < 1.29 is 0 Å². The summed E-state index contributed by atoms with van der Waals surface area (Å²) < 4.78 is 2.95. The van der Waals surface area contributed by atoms with E-state index in [1.54, 1.807) is 6.07 Å². The van der Waals surface area contributed by atoms with Crippen molar-refractivity contribution in [2.24, 2.45) is 0 Å². The molecule has 3 aromatic rings. The Balaban J connectivity index is 1.31. The van der Waals surface area contributed by atoms with Crippen LogP contribution in [0.4, 0.5) is 11.5 Å². The van der Waals surface area contributed by atoms with Crippen LogP contribution in [0.1, 0.15) is 24.4 Å². The van der Waals surface area contributed by atoms with E-state index in [4.69, 9.17) is 0 Å². The van der Waals surface area contributed by atoms with Gasteiger partial charge in [0, 0.05) is 34.1 Å². The van der Waals surface area contributed by atoms with Crippen LogP contribution in [0.5, 0.6) is 0 Å². The molecule has 3 heterocycles. The van der Waals surface area contributed by atoms with Crippen molar-refractivity contribution in [2.45, 2.75) is 18.9 Å². The summed E-state index contributed by atoms with van der Waals surface area (Å²) in [7, 11) is 0. The third kappa shape index (κ3) is 4.23. The van der Waals surface area contributed by atoms with Gasteiger partial charge in [-0.1, -0.05) is 15.9 Å². The highest BCUT2D eigenvalue weighted by Crippen LogP contribution is 2.38. The third-order valence-corrected chi connectivity index (χ3v) is 6.70. The first-order valence-corrected chi connectivity index (χ1v) is 11.4. The number of benzene rings is 1. The van der Waals surface area contributed by atoms with Gasteiger partial charge in [0.2, 0.25) is 5.43 Å². The molecule has 0 saturated carbocycles. The molecule has 8 heteroatoms. The zero-order valence-corrected chi connectivity index (χ0v) is 18.6. The van der Waals surface area contributed by atoms with E-state index in [2.05, 4.69) is 64.9 Å². The van der Waals surface area contributed by atoms with Gasteiger partial charge in [0.25, 0.3) is 0 Å². The molecule has 0 spiro atoms. The molecule has 0 fully saturated rings. The Morgan fingerprint density at radius 2 is 2.11 bits per heavy atom. The number of aromatic nitrogens is 1. The molecule has 2 aromatic heterocycles. The molecule has 0 radical (unpaired) electrons. The summed E-state index contributed by atoms with van der Waals surface area (Å²) in [5, 5.41) is 12.4. The van der Waals surface area contributed by atoms with Crippen molar-refractivity contribution in [3.63, 3.8) is 0 Å². The smallest absolute Gasteiger partial charge is 0.201 e. The molecule has 142 valence electrons. The van der Waals surface area contributed by atoms with Crippen LogP contribution < -0.4 is 21.4 Å². The van der Waals surface area contributed by atoms with Gasteiger partial charge in [-0.3, -0.25) is 4.79 Å². The van der Waals surface area contributed by atoms with Crippen molar-refractivity contribution >= 4 is 64.9 Å². The Morgan fingerprint density at radius 3 is 3.00 bits per heavy atom. The van der Waals surface area contributed by atoms with Crippen LogP contribution in [-0.4, -0.2) is 24.6 Å². The van der Waals surface area contributed by atoms with Crippen molar-refractivity contribution in [1.29, 1.82) is 0 Å². The number of aromatic amines is 1. The van der Waals surface area contributed by atoms with Gasteiger partial charge in [-0.15, -0.1) is 11.3 Å². The molecular weight excluding hydrogens is 492 g/mol. The largest absolute Gasteiger partial charge is 0.384 e. The van der Waals surface area contributed by atoms with Crippen LogP contribution in [-0.2, 0) is 0 Å². The summed E-state index contributed by atoms with van der Waals surface area (Å²) in [6.45, 7) is 2.68. The fourth-order valence-corrected chi connectivity index (χ4v) is 5.58. The highest BCUT2D eigenvalue weighted by atomic mass is 79.9. The van der Waals surface area contributed by atoms with Gasteiger partial charge >= 0.3 is 0 Å². The zero-order chi connectivity index (χ0) is 18.8. The predicted octanol–water partition coefficient (Wildman–Crippen LogP) is 5.06. The van der Waals surface area contributed by atoms with Gasteiger partial charge < -0.3 is 20.9 Å². The lowest BCUT2D eigenvalue weighted by Gasteiger charge is -2.29. The number of thiophene rings is 1. The normalized spacial score (nSPS) is 16.1. The van der Waals surface area contributed by atoms with Crippen LogP contribution >= 0.6 is 43.2 Å². The third-order valence-electron chi connectivity index (χ3n) is 4.69. The van der Waals surface area contributed by atoms with E-state index in [1.165, 1.54) is 22.6 Å². The Hall–Kier alpha value is -1.35. The molecule has 1 unspecified atom stereocenters. The highest BCUT2D eigenvalue weighted by Gasteiger charge is 2.21. The number of hydrogen-bond donors (Lipinski definition) is 4. The second-order valence-corrected chi connectivity index (χ2v) is 9.25. The zero-order valence-electron chi connectivity index (χ0n) is 14.6. The summed E-state index contributed by atoms with van der Waals surface area (Å²) >= 11 is 8.70. The number of hydrogen-bond acceptors (Lipinski definition) is 5. The second kappa shape index (κ2) is 8.34. The van der Waals surface area contributed by atoms with Gasteiger partial charge in [-0.05, 0) is 64.5 Å². The molecule has 1 aromatic carbocycles. The fourth-order valence-electron chi connectivity index (χ4n) is 3.42. The van der Waals surface area contributed by atoms with Crippen LogP contribution in [0.3, 0.4) is 0 Å². The number of halogens is 2. The first-order chi connectivity index (χ1) is 13.1. The summed E-state index contributed by atoms with van der Waals surface area (Å²) in [6, 6.07) is 8.19. The quantitative estimate of drug-likeness (QED) is 0.349. The van der Waals surface area contributed by atoms with Gasteiger partial charge in [-0.2, -0.15) is 0 Å². The fraction of sp³-hybridized carbons (Fsp3) is 0.316. The van der Waals surface area contributed by atoms with E-state index < -0.39 is 0 Å². The molecular formula is C19H20Br2N4OS. The molecule has 1 aliphatic rings. The monoisotopic (exact) mass is 510 g/mol. The molecule has 4 N–H and O–H groups in total. The number of H-pyrrole nitrogens is 1.